The summed E-state index contributed by atoms with van der Waals surface area (Å²) in [5.74, 6) is -0.0220. The van der Waals surface area contributed by atoms with E-state index in [0.29, 0.717) is 6.04 Å². The van der Waals surface area contributed by atoms with Crippen LogP contribution in [0.25, 0.3) is 10.2 Å². The number of hydrogen-bond acceptors (Lipinski definition) is 4. The molecule has 1 aromatic heterocycles. The quantitative estimate of drug-likeness (QED) is 0.610. The van der Waals surface area contributed by atoms with Gasteiger partial charge in [0, 0.05) is 25.2 Å². The Labute approximate surface area is 171 Å². The summed E-state index contributed by atoms with van der Waals surface area (Å²) in [6.07, 6.45) is 2.18. The van der Waals surface area contributed by atoms with Crippen LogP contribution in [-0.2, 0) is 17.8 Å². The van der Waals surface area contributed by atoms with Crippen molar-refractivity contribution in [2.75, 3.05) is 11.9 Å². The number of thiazole rings is 1. The van der Waals surface area contributed by atoms with Crippen LogP contribution in [0.2, 0.25) is 0 Å². The second kappa shape index (κ2) is 9.30. The number of aromatic nitrogens is 1. The summed E-state index contributed by atoms with van der Waals surface area (Å²) in [4.78, 5) is 18.3. The van der Waals surface area contributed by atoms with E-state index in [1.807, 2.05) is 25.4 Å². The molecule has 0 saturated carbocycles. The van der Waals surface area contributed by atoms with Gasteiger partial charge < -0.3 is 5.32 Å². The Balaban J connectivity index is 0.00000109. The van der Waals surface area contributed by atoms with E-state index in [1.54, 1.807) is 18.3 Å². The van der Waals surface area contributed by atoms with Gasteiger partial charge >= 0.3 is 0 Å². The van der Waals surface area contributed by atoms with E-state index in [0.717, 1.165) is 37.1 Å². The molecule has 4 rings (SSSR count). The van der Waals surface area contributed by atoms with E-state index < -0.39 is 0 Å². The topological polar surface area (TPSA) is 45.2 Å². The number of anilines is 1. The molecule has 1 aliphatic heterocycles. The van der Waals surface area contributed by atoms with Crippen LogP contribution in [0.15, 0.2) is 41.9 Å². The fourth-order valence-electron chi connectivity index (χ4n) is 3.74. The van der Waals surface area contributed by atoms with E-state index in [4.69, 9.17) is 0 Å². The van der Waals surface area contributed by atoms with Gasteiger partial charge in [-0.3, -0.25) is 9.69 Å². The van der Waals surface area contributed by atoms with E-state index in [9.17, 15) is 4.79 Å². The van der Waals surface area contributed by atoms with Crippen molar-refractivity contribution in [3.05, 3.63) is 58.6 Å². The molecule has 1 atom stereocenters. The van der Waals surface area contributed by atoms with Gasteiger partial charge in [-0.2, -0.15) is 0 Å². The molecule has 4 nitrogen and oxygen atoms in total. The van der Waals surface area contributed by atoms with Crippen molar-refractivity contribution in [1.82, 2.24) is 9.88 Å². The molecular formula is C23H29N3OS. The first-order chi connectivity index (χ1) is 13.6. The highest BCUT2D eigenvalue weighted by Gasteiger charge is 2.21. The molecule has 0 radical (unpaired) electrons. The number of nitrogens with one attached hydrogen (secondary N) is 1. The number of benzene rings is 2. The van der Waals surface area contributed by atoms with Crippen LogP contribution >= 0.6 is 11.3 Å². The number of hydrogen-bond donors (Lipinski definition) is 1. The highest BCUT2D eigenvalue weighted by Crippen LogP contribution is 2.30. The van der Waals surface area contributed by atoms with Crippen molar-refractivity contribution < 1.29 is 4.79 Å². The molecule has 1 aliphatic rings. The fourth-order valence-corrected chi connectivity index (χ4v) is 4.40. The summed E-state index contributed by atoms with van der Waals surface area (Å²) in [5.41, 5.74) is 7.93. The van der Waals surface area contributed by atoms with Gasteiger partial charge in [-0.1, -0.05) is 26.0 Å². The van der Waals surface area contributed by atoms with Crippen molar-refractivity contribution in [2.45, 2.75) is 53.1 Å². The predicted molar refractivity (Wildman–Crippen MR) is 119 cm³/mol. The van der Waals surface area contributed by atoms with Crippen LogP contribution in [0.5, 0.6) is 0 Å². The molecule has 0 spiro atoms. The minimum absolute atomic E-state index is 0.0220. The second-order valence-corrected chi connectivity index (χ2v) is 7.88. The van der Waals surface area contributed by atoms with Crippen LogP contribution in [0.4, 0.5) is 5.69 Å². The number of rotatable bonds is 3. The third-order valence-corrected chi connectivity index (χ3v) is 5.99. The molecule has 1 amide bonds. The number of amides is 1. The number of carbonyl (C=O) groups excluding carboxylic acids is 1. The average molecular weight is 396 g/mol. The van der Waals surface area contributed by atoms with Crippen LogP contribution in [-0.4, -0.2) is 22.3 Å². The molecule has 0 fully saturated rings. The maximum absolute atomic E-state index is 11.3. The lowest BCUT2D eigenvalue weighted by molar-refractivity contribution is -0.114. The molecule has 1 unspecified atom stereocenters. The zero-order valence-electron chi connectivity index (χ0n) is 17.2. The third-order valence-electron chi connectivity index (χ3n) is 5.18. The lowest BCUT2D eigenvalue weighted by atomic mass is 10.0. The van der Waals surface area contributed by atoms with Gasteiger partial charge in [0.1, 0.15) is 0 Å². The molecule has 5 heteroatoms. The van der Waals surface area contributed by atoms with Crippen molar-refractivity contribution >= 4 is 33.1 Å². The normalized spacial score (nSPS) is 15.1. The third kappa shape index (κ3) is 4.59. The summed E-state index contributed by atoms with van der Waals surface area (Å²) in [7, 11) is 0. The molecular weight excluding hydrogens is 366 g/mol. The second-order valence-electron chi connectivity index (χ2n) is 6.99. The minimum Gasteiger partial charge on any atom is -0.326 e. The SMILES string of the molecule is CC.CC(=O)Nc1ccc2c(c1)CCCN(C(C)c1ccc3scnc3c1)C2. The maximum atomic E-state index is 11.3. The summed E-state index contributed by atoms with van der Waals surface area (Å²) < 4.78 is 1.24. The van der Waals surface area contributed by atoms with Gasteiger partial charge in [-0.25, -0.2) is 4.98 Å². The first kappa shape index (κ1) is 20.5. The molecule has 2 aromatic carbocycles. The van der Waals surface area contributed by atoms with Gasteiger partial charge in [-0.05, 0) is 67.3 Å². The van der Waals surface area contributed by atoms with Crippen molar-refractivity contribution in [3.63, 3.8) is 0 Å². The van der Waals surface area contributed by atoms with Crippen LogP contribution < -0.4 is 5.32 Å². The summed E-state index contributed by atoms with van der Waals surface area (Å²) in [5, 5.41) is 2.89. The summed E-state index contributed by atoms with van der Waals surface area (Å²) >= 11 is 1.69. The van der Waals surface area contributed by atoms with E-state index >= 15 is 0 Å². The smallest absolute Gasteiger partial charge is 0.221 e. The first-order valence-electron chi connectivity index (χ1n) is 10.1. The molecule has 0 bridgehead atoms. The Morgan fingerprint density at radius 1 is 1.18 bits per heavy atom. The van der Waals surface area contributed by atoms with Gasteiger partial charge in [0.2, 0.25) is 5.91 Å². The molecule has 3 aromatic rings. The van der Waals surface area contributed by atoms with E-state index in [2.05, 4.69) is 52.5 Å². The Hall–Kier alpha value is -2.24. The van der Waals surface area contributed by atoms with Crippen molar-refractivity contribution in [1.29, 1.82) is 0 Å². The van der Waals surface area contributed by atoms with Gasteiger partial charge in [-0.15, -0.1) is 11.3 Å². The van der Waals surface area contributed by atoms with E-state index in [1.165, 1.54) is 21.4 Å². The van der Waals surface area contributed by atoms with Crippen molar-refractivity contribution in [3.8, 4) is 0 Å². The van der Waals surface area contributed by atoms with Crippen LogP contribution in [0, 0.1) is 0 Å². The van der Waals surface area contributed by atoms with Gasteiger partial charge in [0.05, 0.1) is 15.7 Å². The average Bonchev–Trinajstić information content (AvgIpc) is 3.07. The Kier molecular flexibility index (Phi) is 6.81. The molecule has 0 aliphatic carbocycles. The molecule has 0 saturated heterocycles. The highest BCUT2D eigenvalue weighted by atomic mass is 32.1. The number of fused-ring (bicyclic) bond motifs is 2. The van der Waals surface area contributed by atoms with E-state index in [-0.39, 0.29) is 5.91 Å². The van der Waals surface area contributed by atoms with Gasteiger partial charge in [0.25, 0.3) is 0 Å². The monoisotopic (exact) mass is 395 g/mol. The lowest BCUT2D eigenvalue weighted by Gasteiger charge is -2.28. The standard InChI is InChI=1S/C21H23N3OS.C2H6/c1-14(16-6-8-21-20(11-16)22-13-26-21)24-9-3-4-17-10-19(23-15(2)25)7-5-18(17)12-24;1-2/h5-8,10-11,13-14H,3-4,9,12H2,1-2H3,(H,23,25);1-2H3. The Bertz CT molecular complexity index is 950. The molecule has 148 valence electrons. The first-order valence-corrected chi connectivity index (χ1v) is 10.9. The zero-order chi connectivity index (χ0) is 20.1. The molecule has 28 heavy (non-hydrogen) atoms. The number of nitrogens with zero attached hydrogens (tertiary/aromatic N) is 2. The molecule has 1 N–H and O–H groups in total. The maximum Gasteiger partial charge on any atom is 0.221 e. The van der Waals surface area contributed by atoms with Crippen LogP contribution in [0.1, 0.15) is 56.8 Å². The van der Waals surface area contributed by atoms with Gasteiger partial charge in [0.15, 0.2) is 0 Å². The minimum atomic E-state index is -0.0220. The molecule has 2 heterocycles. The number of aryl methyl sites for hydroxylation is 1. The fraction of sp³-hybridized carbons (Fsp3) is 0.391. The highest BCUT2D eigenvalue weighted by molar-refractivity contribution is 7.16. The lowest BCUT2D eigenvalue weighted by Crippen LogP contribution is -2.26. The number of carbonyl (C=O) groups is 1. The Morgan fingerprint density at radius 2 is 2.00 bits per heavy atom. The predicted octanol–water partition coefficient (Wildman–Crippen LogP) is 5.79. The summed E-state index contributed by atoms with van der Waals surface area (Å²) in [6, 6.07) is 13.3. The van der Waals surface area contributed by atoms with Crippen LogP contribution in [0.3, 0.4) is 0 Å². The largest absolute Gasteiger partial charge is 0.326 e. The zero-order valence-corrected chi connectivity index (χ0v) is 18.0. The van der Waals surface area contributed by atoms with Crippen molar-refractivity contribution in [2.24, 2.45) is 0 Å². The Morgan fingerprint density at radius 3 is 2.79 bits per heavy atom. The summed E-state index contributed by atoms with van der Waals surface area (Å²) in [6.45, 7) is 9.84.